The predicted octanol–water partition coefficient (Wildman–Crippen LogP) is 0.739. The molecule has 0 amide bonds. The summed E-state index contributed by atoms with van der Waals surface area (Å²) < 4.78 is 22.7. The maximum Gasteiger partial charge on any atom is 0.152 e. The molecule has 4 nitrogen and oxygen atoms in total. The van der Waals surface area contributed by atoms with Crippen molar-refractivity contribution in [2.24, 2.45) is 5.92 Å². The summed E-state index contributed by atoms with van der Waals surface area (Å²) >= 11 is 0. The lowest BCUT2D eigenvalue weighted by molar-refractivity contribution is 0.171. The van der Waals surface area contributed by atoms with Crippen LogP contribution in [0, 0.1) is 5.92 Å². The summed E-state index contributed by atoms with van der Waals surface area (Å²) in [5.74, 6) is 1.18. The van der Waals surface area contributed by atoms with Gasteiger partial charge in [0.25, 0.3) is 0 Å². The molecule has 1 heterocycles. The molecule has 17 heavy (non-hydrogen) atoms. The van der Waals surface area contributed by atoms with Gasteiger partial charge in [0.15, 0.2) is 9.84 Å². The fraction of sp³-hybridized carbons (Fsp3) is 1.00. The van der Waals surface area contributed by atoms with E-state index in [1.807, 2.05) is 0 Å². The van der Waals surface area contributed by atoms with Gasteiger partial charge in [0.2, 0.25) is 0 Å². The Kier molecular flexibility index (Phi) is 5.41. The van der Waals surface area contributed by atoms with Crippen molar-refractivity contribution in [1.29, 1.82) is 0 Å². The number of sulfone groups is 1. The molecule has 0 aromatic heterocycles. The third-order valence-corrected chi connectivity index (χ3v) is 5.24. The Morgan fingerprint density at radius 1 is 1.12 bits per heavy atom. The molecular formula is C12H26N2O2S. The molecule has 102 valence electrons. The fourth-order valence-corrected chi connectivity index (χ4v) is 3.32. The maximum atomic E-state index is 11.4. The van der Waals surface area contributed by atoms with Gasteiger partial charge in [0, 0.05) is 25.2 Å². The minimum atomic E-state index is -2.76. The zero-order valence-electron chi connectivity index (χ0n) is 11.4. The molecule has 1 saturated heterocycles. The van der Waals surface area contributed by atoms with Gasteiger partial charge in [-0.3, -0.25) is 4.90 Å². The summed E-state index contributed by atoms with van der Waals surface area (Å²) in [6.07, 6.45) is 0. The van der Waals surface area contributed by atoms with Gasteiger partial charge in [-0.1, -0.05) is 20.8 Å². The zero-order valence-corrected chi connectivity index (χ0v) is 12.3. The van der Waals surface area contributed by atoms with Crippen LogP contribution in [0.5, 0.6) is 0 Å². The van der Waals surface area contributed by atoms with E-state index in [0.29, 0.717) is 42.6 Å². The molecule has 2 atom stereocenters. The Morgan fingerprint density at radius 2 is 1.65 bits per heavy atom. The van der Waals surface area contributed by atoms with E-state index in [1.54, 1.807) is 0 Å². The van der Waals surface area contributed by atoms with Gasteiger partial charge in [0.05, 0.1) is 11.5 Å². The lowest BCUT2D eigenvalue weighted by atomic mass is 10.0. The van der Waals surface area contributed by atoms with Crippen LogP contribution in [0.4, 0.5) is 0 Å². The molecule has 1 rings (SSSR count). The molecule has 0 aliphatic carbocycles. The van der Waals surface area contributed by atoms with Crippen LogP contribution in [0.2, 0.25) is 0 Å². The average Bonchev–Trinajstić information content (AvgIpc) is 2.25. The van der Waals surface area contributed by atoms with Crippen LogP contribution in [0.15, 0.2) is 0 Å². The number of hydrogen-bond donors (Lipinski definition) is 1. The highest BCUT2D eigenvalue weighted by molar-refractivity contribution is 7.91. The smallest absolute Gasteiger partial charge is 0.152 e. The maximum absolute atomic E-state index is 11.4. The van der Waals surface area contributed by atoms with Crippen molar-refractivity contribution in [2.75, 3.05) is 31.1 Å². The first-order valence-corrected chi connectivity index (χ1v) is 8.32. The first kappa shape index (κ1) is 14.9. The van der Waals surface area contributed by atoms with Crippen LogP contribution in [0.3, 0.4) is 0 Å². The zero-order chi connectivity index (χ0) is 13.1. The van der Waals surface area contributed by atoms with Gasteiger partial charge < -0.3 is 5.32 Å². The molecule has 0 radical (unpaired) electrons. The highest BCUT2D eigenvalue weighted by atomic mass is 32.2. The van der Waals surface area contributed by atoms with Crippen molar-refractivity contribution in [3.63, 3.8) is 0 Å². The van der Waals surface area contributed by atoms with E-state index in [4.69, 9.17) is 0 Å². The van der Waals surface area contributed by atoms with Gasteiger partial charge in [-0.15, -0.1) is 0 Å². The molecule has 0 bridgehead atoms. The first-order chi connectivity index (χ1) is 7.82. The Morgan fingerprint density at radius 3 is 2.12 bits per heavy atom. The quantitative estimate of drug-likeness (QED) is 0.794. The van der Waals surface area contributed by atoms with Gasteiger partial charge >= 0.3 is 0 Å². The van der Waals surface area contributed by atoms with E-state index in [0.717, 1.165) is 6.54 Å². The second-order valence-corrected chi connectivity index (χ2v) is 7.77. The number of hydrogen-bond acceptors (Lipinski definition) is 4. The molecule has 0 aromatic carbocycles. The molecule has 1 N–H and O–H groups in total. The summed E-state index contributed by atoms with van der Waals surface area (Å²) in [5.41, 5.74) is 0. The van der Waals surface area contributed by atoms with Crippen molar-refractivity contribution < 1.29 is 8.42 Å². The van der Waals surface area contributed by atoms with Crippen molar-refractivity contribution in [3.8, 4) is 0 Å². The summed E-state index contributed by atoms with van der Waals surface area (Å²) in [5, 5.41) is 3.44. The topological polar surface area (TPSA) is 49.4 Å². The first-order valence-electron chi connectivity index (χ1n) is 6.49. The molecule has 0 spiro atoms. The van der Waals surface area contributed by atoms with Gasteiger partial charge in [-0.2, -0.15) is 0 Å². The van der Waals surface area contributed by atoms with Crippen LogP contribution >= 0.6 is 0 Å². The van der Waals surface area contributed by atoms with Crippen LogP contribution in [0.25, 0.3) is 0 Å². The molecule has 1 aliphatic heterocycles. The fourth-order valence-electron chi connectivity index (χ4n) is 2.09. The van der Waals surface area contributed by atoms with Crippen LogP contribution in [-0.4, -0.2) is 56.5 Å². The summed E-state index contributed by atoms with van der Waals surface area (Å²) in [6, 6.07) is 0.947. The van der Waals surface area contributed by atoms with E-state index in [9.17, 15) is 8.42 Å². The summed E-state index contributed by atoms with van der Waals surface area (Å²) in [7, 11) is -2.76. The normalized spacial score (nSPS) is 24.8. The van der Waals surface area contributed by atoms with Crippen molar-refractivity contribution >= 4 is 9.84 Å². The standard InChI is InChI=1S/C12H26N2O2S/c1-10(2)13-9-11(3)12(4)14-5-7-17(15,16)8-6-14/h10-13H,5-9H2,1-4H3. The Labute approximate surface area is 106 Å². The van der Waals surface area contributed by atoms with Crippen LogP contribution < -0.4 is 5.32 Å². The predicted molar refractivity (Wildman–Crippen MR) is 72.0 cm³/mol. The van der Waals surface area contributed by atoms with Gasteiger partial charge in [0.1, 0.15) is 0 Å². The van der Waals surface area contributed by atoms with E-state index in [1.165, 1.54) is 0 Å². The van der Waals surface area contributed by atoms with Gasteiger partial charge in [-0.25, -0.2) is 8.42 Å². The highest BCUT2D eigenvalue weighted by Crippen LogP contribution is 2.14. The van der Waals surface area contributed by atoms with Crippen molar-refractivity contribution in [1.82, 2.24) is 10.2 Å². The van der Waals surface area contributed by atoms with Gasteiger partial charge in [-0.05, 0) is 19.4 Å². The Bertz CT molecular complexity index is 313. The molecule has 1 aliphatic rings. The molecule has 1 fully saturated rings. The van der Waals surface area contributed by atoms with Crippen LogP contribution in [-0.2, 0) is 9.84 Å². The lowest BCUT2D eigenvalue weighted by Crippen LogP contribution is -2.49. The Hall–Kier alpha value is -0.130. The molecular weight excluding hydrogens is 236 g/mol. The average molecular weight is 262 g/mol. The minimum Gasteiger partial charge on any atom is -0.314 e. The summed E-state index contributed by atoms with van der Waals surface area (Å²) in [6.45, 7) is 11.1. The van der Waals surface area contributed by atoms with E-state index in [2.05, 4.69) is 37.9 Å². The molecule has 2 unspecified atom stereocenters. The minimum absolute atomic E-state index is 0.321. The monoisotopic (exact) mass is 262 g/mol. The van der Waals surface area contributed by atoms with Crippen molar-refractivity contribution in [3.05, 3.63) is 0 Å². The number of nitrogens with one attached hydrogen (secondary N) is 1. The SMILES string of the molecule is CC(C)NCC(C)C(C)N1CCS(=O)(=O)CC1. The van der Waals surface area contributed by atoms with Crippen LogP contribution in [0.1, 0.15) is 27.7 Å². The molecule has 0 saturated carbocycles. The number of rotatable bonds is 5. The van der Waals surface area contributed by atoms with E-state index >= 15 is 0 Å². The number of nitrogens with zero attached hydrogens (tertiary/aromatic N) is 1. The Balaban J connectivity index is 2.40. The second-order valence-electron chi connectivity index (χ2n) is 5.47. The van der Waals surface area contributed by atoms with Crippen molar-refractivity contribution in [2.45, 2.75) is 39.8 Å². The molecule has 5 heteroatoms. The highest BCUT2D eigenvalue weighted by Gasteiger charge is 2.27. The molecule has 0 aromatic rings. The lowest BCUT2D eigenvalue weighted by Gasteiger charge is -2.36. The third-order valence-electron chi connectivity index (χ3n) is 3.63. The third kappa shape index (κ3) is 4.94. The largest absolute Gasteiger partial charge is 0.314 e. The van der Waals surface area contributed by atoms with E-state index < -0.39 is 9.84 Å². The van der Waals surface area contributed by atoms with E-state index in [-0.39, 0.29) is 0 Å². The summed E-state index contributed by atoms with van der Waals surface area (Å²) in [4.78, 5) is 2.30. The second kappa shape index (κ2) is 6.16.